The molecule has 4 nitrogen and oxygen atoms in total. The van der Waals surface area contributed by atoms with Crippen molar-refractivity contribution in [2.75, 3.05) is 0 Å². The van der Waals surface area contributed by atoms with E-state index in [2.05, 4.69) is 27.7 Å². The van der Waals surface area contributed by atoms with E-state index in [0.29, 0.717) is 24.7 Å². The zero-order chi connectivity index (χ0) is 21.9. The van der Waals surface area contributed by atoms with Crippen LogP contribution in [0.1, 0.15) is 91.9 Å². The number of carbonyl (C=O) groups excluding carboxylic acids is 1. The molecule has 0 aromatic carbocycles. The molecule has 0 spiro atoms. The molecule has 0 aliphatic heterocycles. The highest BCUT2D eigenvalue weighted by atomic mass is 16.3. The van der Waals surface area contributed by atoms with Gasteiger partial charge in [0, 0.05) is 11.3 Å². The number of carbonyl (C=O) groups is 1. The summed E-state index contributed by atoms with van der Waals surface area (Å²) < 4.78 is 0. The van der Waals surface area contributed by atoms with E-state index >= 15 is 0 Å². The maximum Gasteiger partial charge on any atom is 0.159 e. The van der Waals surface area contributed by atoms with Crippen molar-refractivity contribution in [3.63, 3.8) is 0 Å². The monoisotopic (exact) mass is 418 g/mol. The second kappa shape index (κ2) is 7.71. The first-order valence-electron chi connectivity index (χ1n) is 12.4. The number of allylic oxidation sites excluding steroid dienone is 1. The Bertz CT molecular complexity index is 716. The maximum atomic E-state index is 13.2. The molecule has 170 valence electrons. The van der Waals surface area contributed by atoms with Crippen LogP contribution in [-0.4, -0.2) is 38.9 Å². The molecular weight excluding hydrogens is 376 g/mol. The van der Waals surface area contributed by atoms with Crippen LogP contribution in [0.25, 0.3) is 0 Å². The molecule has 0 radical (unpaired) electrons. The van der Waals surface area contributed by atoms with Crippen LogP contribution in [0.3, 0.4) is 0 Å². The minimum absolute atomic E-state index is 0.0480. The summed E-state index contributed by atoms with van der Waals surface area (Å²) in [6, 6.07) is 0. The lowest BCUT2D eigenvalue weighted by Crippen LogP contribution is -2.60. The van der Waals surface area contributed by atoms with Crippen molar-refractivity contribution in [2.24, 2.45) is 34.5 Å². The first-order valence-corrected chi connectivity index (χ1v) is 12.4. The lowest BCUT2D eigenvalue weighted by Gasteiger charge is -2.60. The van der Waals surface area contributed by atoms with Crippen molar-refractivity contribution in [3.05, 3.63) is 11.6 Å². The van der Waals surface area contributed by atoms with Crippen LogP contribution in [0.4, 0.5) is 0 Å². The Labute approximate surface area is 182 Å². The smallest absolute Gasteiger partial charge is 0.159 e. The average Bonchev–Trinajstić information content (AvgIpc) is 2.96. The van der Waals surface area contributed by atoms with Crippen LogP contribution in [0, 0.1) is 34.5 Å². The molecule has 0 aromatic rings. The molecule has 3 saturated carbocycles. The molecule has 0 bridgehead atoms. The number of hydrogen-bond acceptors (Lipinski definition) is 4. The van der Waals surface area contributed by atoms with Crippen LogP contribution in [0.15, 0.2) is 11.6 Å². The Kier molecular flexibility index (Phi) is 5.77. The van der Waals surface area contributed by atoms with Crippen LogP contribution in [-0.2, 0) is 4.79 Å². The van der Waals surface area contributed by atoms with Gasteiger partial charge in [0.2, 0.25) is 0 Å². The predicted octanol–water partition coefficient (Wildman–Crippen LogP) is 4.41. The molecule has 0 aromatic heterocycles. The average molecular weight is 419 g/mol. The Balaban J connectivity index is 1.65. The van der Waals surface area contributed by atoms with E-state index in [1.165, 1.54) is 25.7 Å². The number of aliphatic hydroxyl groups is 3. The van der Waals surface area contributed by atoms with E-state index in [0.717, 1.165) is 31.3 Å². The lowest BCUT2D eigenvalue weighted by atomic mass is 9.46. The highest BCUT2D eigenvalue weighted by Crippen LogP contribution is 2.68. The third kappa shape index (κ3) is 3.08. The Morgan fingerprint density at radius 3 is 2.53 bits per heavy atom. The molecule has 3 fully saturated rings. The lowest BCUT2D eigenvalue weighted by molar-refractivity contribution is -0.153. The van der Waals surface area contributed by atoms with Gasteiger partial charge >= 0.3 is 0 Å². The summed E-state index contributed by atoms with van der Waals surface area (Å²) in [6.07, 6.45) is 9.63. The second-order valence-electron chi connectivity index (χ2n) is 11.6. The number of fused-ring (bicyclic) bond motifs is 5. The van der Waals surface area contributed by atoms with Gasteiger partial charge in [-0.2, -0.15) is 0 Å². The number of ketones is 1. The zero-order valence-corrected chi connectivity index (χ0v) is 19.4. The van der Waals surface area contributed by atoms with Gasteiger partial charge in [-0.15, -0.1) is 0 Å². The van der Waals surface area contributed by atoms with Gasteiger partial charge in [-0.3, -0.25) is 4.79 Å². The number of aliphatic hydroxyl groups excluding tert-OH is 2. The van der Waals surface area contributed by atoms with E-state index in [1.807, 2.05) is 0 Å². The second-order valence-corrected chi connectivity index (χ2v) is 11.6. The summed E-state index contributed by atoms with van der Waals surface area (Å²) in [7, 11) is 0. The quantitative estimate of drug-likeness (QED) is 0.578. The predicted molar refractivity (Wildman–Crippen MR) is 118 cm³/mol. The zero-order valence-electron chi connectivity index (χ0n) is 19.4. The summed E-state index contributed by atoms with van der Waals surface area (Å²) in [5.74, 6) is 0.992. The molecule has 4 aliphatic rings. The van der Waals surface area contributed by atoms with Crippen molar-refractivity contribution in [1.82, 2.24) is 0 Å². The molecule has 4 heteroatoms. The topological polar surface area (TPSA) is 77.8 Å². The van der Waals surface area contributed by atoms with Gasteiger partial charge in [-0.05, 0) is 73.3 Å². The Morgan fingerprint density at radius 1 is 1.10 bits per heavy atom. The molecule has 9 atom stereocenters. The van der Waals surface area contributed by atoms with Gasteiger partial charge in [0.1, 0.15) is 0 Å². The minimum atomic E-state index is -0.912. The van der Waals surface area contributed by atoms with Crippen LogP contribution >= 0.6 is 0 Å². The molecule has 4 rings (SSSR count). The van der Waals surface area contributed by atoms with Crippen molar-refractivity contribution in [2.45, 2.75) is 110 Å². The molecule has 30 heavy (non-hydrogen) atoms. The van der Waals surface area contributed by atoms with Crippen LogP contribution in [0.2, 0.25) is 0 Å². The number of rotatable bonds is 5. The summed E-state index contributed by atoms with van der Waals surface area (Å²) >= 11 is 0. The van der Waals surface area contributed by atoms with Crippen molar-refractivity contribution in [1.29, 1.82) is 0 Å². The third-order valence-electron chi connectivity index (χ3n) is 10.1. The fraction of sp³-hybridized carbons (Fsp3) is 0.885. The Hall–Kier alpha value is -0.710. The standard InChI is InChI=1S/C26H42O4/c1-5-6-7-8-16(2)17-10-12-26(30)19-13-21(27)20-14-22(28)23(29)15-24(20,3)18(19)9-11-25(17,26)4/h13,16-18,20,22-23,28-30H,5-12,14-15H2,1-4H3. The third-order valence-corrected chi connectivity index (χ3v) is 10.1. The van der Waals surface area contributed by atoms with Crippen LogP contribution in [0.5, 0.6) is 0 Å². The highest BCUT2D eigenvalue weighted by Gasteiger charge is 2.66. The van der Waals surface area contributed by atoms with E-state index in [9.17, 15) is 20.1 Å². The number of unbranched alkanes of at least 4 members (excludes halogenated alkanes) is 2. The number of hydrogen-bond donors (Lipinski definition) is 3. The maximum absolute atomic E-state index is 13.2. The molecule has 3 N–H and O–H groups in total. The molecule has 9 unspecified atom stereocenters. The highest BCUT2D eigenvalue weighted by molar-refractivity contribution is 5.95. The van der Waals surface area contributed by atoms with Crippen molar-refractivity contribution >= 4 is 5.78 Å². The summed E-state index contributed by atoms with van der Waals surface area (Å²) in [5.41, 5.74) is -0.518. The normalized spacial score (nSPS) is 49.1. The molecule has 0 heterocycles. The summed E-state index contributed by atoms with van der Waals surface area (Å²) in [6.45, 7) is 8.99. The Morgan fingerprint density at radius 2 is 1.83 bits per heavy atom. The van der Waals surface area contributed by atoms with E-state index in [4.69, 9.17) is 0 Å². The van der Waals surface area contributed by atoms with Crippen molar-refractivity contribution in [3.8, 4) is 0 Å². The van der Waals surface area contributed by atoms with Gasteiger partial charge in [-0.25, -0.2) is 0 Å². The summed E-state index contributed by atoms with van der Waals surface area (Å²) in [5, 5.41) is 32.8. The van der Waals surface area contributed by atoms with Crippen molar-refractivity contribution < 1.29 is 20.1 Å². The summed E-state index contributed by atoms with van der Waals surface area (Å²) in [4.78, 5) is 13.2. The largest absolute Gasteiger partial charge is 0.390 e. The van der Waals surface area contributed by atoms with E-state index < -0.39 is 17.8 Å². The fourth-order valence-corrected chi connectivity index (χ4v) is 8.24. The molecular formula is C26H42O4. The van der Waals surface area contributed by atoms with Crippen LogP contribution < -0.4 is 0 Å². The SMILES string of the molecule is CCCCCC(C)C1CCC2(O)C3=CC(=O)C4CC(O)C(O)CC4(C)C3CCC12C. The minimum Gasteiger partial charge on any atom is -0.390 e. The first-order chi connectivity index (χ1) is 14.1. The fourth-order valence-electron chi connectivity index (χ4n) is 8.24. The molecule has 0 saturated heterocycles. The van der Waals surface area contributed by atoms with Gasteiger partial charge in [0.25, 0.3) is 0 Å². The molecule has 0 amide bonds. The molecule has 4 aliphatic carbocycles. The first kappa shape index (κ1) is 22.5. The van der Waals surface area contributed by atoms with Gasteiger partial charge in [-0.1, -0.05) is 53.4 Å². The van der Waals surface area contributed by atoms with Gasteiger partial charge < -0.3 is 15.3 Å². The van der Waals surface area contributed by atoms with E-state index in [-0.39, 0.29) is 28.4 Å². The van der Waals surface area contributed by atoms with E-state index in [1.54, 1.807) is 6.08 Å². The van der Waals surface area contributed by atoms with Gasteiger partial charge in [0.15, 0.2) is 5.78 Å². The van der Waals surface area contributed by atoms with Gasteiger partial charge in [0.05, 0.1) is 17.8 Å².